The van der Waals surface area contributed by atoms with Crippen molar-refractivity contribution in [3.05, 3.63) is 29.8 Å². The van der Waals surface area contributed by atoms with Crippen molar-refractivity contribution in [3.8, 4) is 6.07 Å². The molecular formula is C14H18N2O. The lowest BCUT2D eigenvalue weighted by Gasteiger charge is -2.19. The Hall–Kier alpha value is -1.53. The molecule has 1 saturated heterocycles. The molecule has 1 aliphatic heterocycles. The number of hydrogen-bond acceptors (Lipinski definition) is 3. The number of ether oxygens (including phenoxy) is 1. The molecule has 3 nitrogen and oxygen atoms in total. The molecule has 0 saturated carbocycles. The van der Waals surface area contributed by atoms with Crippen molar-refractivity contribution in [2.24, 2.45) is 0 Å². The van der Waals surface area contributed by atoms with Crippen LogP contribution in [0.25, 0.3) is 0 Å². The maximum Gasteiger partial charge on any atom is 0.141 e. The smallest absolute Gasteiger partial charge is 0.141 e. The second-order valence-corrected chi connectivity index (χ2v) is 4.68. The fourth-order valence-corrected chi connectivity index (χ4v) is 2.12. The first-order valence-electron chi connectivity index (χ1n) is 6.07. The van der Waals surface area contributed by atoms with Crippen LogP contribution in [-0.2, 0) is 4.74 Å². The van der Waals surface area contributed by atoms with Gasteiger partial charge in [-0.15, -0.1) is 0 Å². The van der Waals surface area contributed by atoms with Crippen LogP contribution in [0.2, 0.25) is 0 Å². The second kappa shape index (κ2) is 5.20. The van der Waals surface area contributed by atoms with Gasteiger partial charge >= 0.3 is 0 Å². The lowest BCUT2D eigenvalue weighted by molar-refractivity contribution is 0.0534. The quantitative estimate of drug-likeness (QED) is 0.868. The van der Waals surface area contributed by atoms with E-state index in [4.69, 9.17) is 4.74 Å². The molecule has 2 rings (SSSR count). The van der Waals surface area contributed by atoms with Gasteiger partial charge in [0.15, 0.2) is 0 Å². The third-order valence-electron chi connectivity index (χ3n) is 3.15. The molecule has 1 heterocycles. The first-order chi connectivity index (χ1) is 8.19. The fourth-order valence-electron chi connectivity index (χ4n) is 2.12. The first-order valence-corrected chi connectivity index (χ1v) is 6.07. The number of nitriles is 1. The monoisotopic (exact) mass is 230 g/mol. The Morgan fingerprint density at radius 2 is 2.06 bits per heavy atom. The molecule has 0 bridgehead atoms. The van der Waals surface area contributed by atoms with Gasteiger partial charge in [0.1, 0.15) is 6.04 Å². The van der Waals surface area contributed by atoms with E-state index in [1.807, 2.05) is 31.2 Å². The lowest BCUT2D eigenvalue weighted by Crippen LogP contribution is -2.32. The zero-order chi connectivity index (χ0) is 12.3. The molecule has 0 amide bonds. The van der Waals surface area contributed by atoms with Gasteiger partial charge < -0.3 is 10.1 Å². The highest BCUT2D eigenvalue weighted by molar-refractivity contribution is 5.46. The van der Waals surface area contributed by atoms with Gasteiger partial charge in [-0.2, -0.15) is 5.26 Å². The summed E-state index contributed by atoms with van der Waals surface area (Å²) in [5.41, 5.74) is 2.19. The van der Waals surface area contributed by atoms with Gasteiger partial charge in [-0.3, -0.25) is 0 Å². The lowest BCUT2D eigenvalue weighted by atomic mass is 10.1. The van der Waals surface area contributed by atoms with E-state index in [2.05, 4.69) is 18.3 Å². The van der Waals surface area contributed by atoms with Crippen molar-refractivity contribution in [1.29, 1.82) is 5.26 Å². The number of anilines is 1. The summed E-state index contributed by atoms with van der Waals surface area (Å²) in [4.78, 5) is 0. The fraction of sp³-hybridized carbons (Fsp3) is 0.500. The number of hydrogen-bond donors (Lipinski definition) is 1. The van der Waals surface area contributed by atoms with Crippen molar-refractivity contribution >= 4 is 5.69 Å². The third-order valence-corrected chi connectivity index (χ3v) is 3.15. The Kier molecular flexibility index (Phi) is 3.65. The molecule has 1 aromatic rings. The van der Waals surface area contributed by atoms with Crippen LogP contribution < -0.4 is 5.32 Å². The van der Waals surface area contributed by atoms with Crippen LogP contribution in [0.3, 0.4) is 0 Å². The molecule has 0 radical (unpaired) electrons. The third kappa shape index (κ3) is 2.98. The van der Waals surface area contributed by atoms with Crippen LogP contribution in [0.15, 0.2) is 24.3 Å². The van der Waals surface area contributed by atoms with E-state index in [9.17, 15) is 5.26 Å². The van der Waals surface area contributed by atoms with E-state index in [1.165, 1.54) is 5.56 Å². The SMILES string of the molecule is Cc1ccc(NC(C#N)C2CCC(C)O2)cc1. The van der Waals surface area contributed by atoms with Gasteiger partial charge in [-0.25, -0.2) is 0 Å². The van der Waals surface area contributed by atoms with E-state index >= 15 is 0 Å². The Morgan fingerprint density at radius 3 is 2.59 bits per heavy atom. The Labute approximate surface area is 102 Å². The molecule has 1 aliphatic rings. The van der Waals surface area contributed by atoms with Crippen LogP contribution in [0.1, 0.15) is 25.3 Å². The van der Waals surface area contributed by atoms with Crippen molar-refractivity contribution in [2.75, 3.05) is 5.32 Å². The minimum atomic E-state index is -0.261. The standard InChI is InChI=1S/C14H18N2O/c1-10-3-6-12(7-4-10)16-13(9-15)14-8-5-11(2)17-14/h3-4,6-7,11,13-14,16H,5,8H2,1-2H3. The molecule has 0 aromatic heterocycles. The van der Waals surface area contributed by atoms with Crippen LogP contribution in [0.4, 0.5) is 5.69 Å². The average Bonchev–Trinajstić information content (AvgIpc) is 2.75. The Morgan fingerprint density at radius 1 is 1.35 bits per heavy atom. The number of rotatable bonds is 3. The van der Waals surface area contributed by atoms with Gasteiger partial charge in [-0.05, 0) is 38.8 Å². The zero-order valence-corrected chi connectivity index (χ0v) is 10.3. The van der Waals surface area contributed by atoms with Gasteiger partial charge in [0.05, 0.1) is 18.3 Å². The number of benzene rings is 1. The van der Waals surface area contributed by atoms with E-state index in [-0.39, 0.29) is 18.2 Å². The number of nitrogens with zero attached hydrogens (tertiary/aromatic N) is 1. The highest BCUT2D eigenvalue weighted by Crippen LogP contribution is 2.23. The Balaban J connectivity index is 2.00. The predicted octanol–water partition coefficient (Wildman–Crippen LogP) is 2.87. The molecule has 3 atom stereocenters. The first kappa shape index (κ1) is 11.9. The maximum absolute atomic E-state index is 9.20. The number of aryl methyl sites for hydroxylation is 1. The minimum absolute atomic E-state index is 0.0105. The summed E-state index contributed by atoms with van der Waals surface area (Å²) in [6, 6.07) is 10.1. The van der Waals surface area contributed by atoms with E-state index in [1.54, 1.807) is 0 Å². The van der Waals surface area contributed by atoms with Crippen LogP contribution in [0.5, 0.6) is 0 Å². The van der Waals surface area contributed by atoms with Gasteiger partial charge in [-0.1, -0.05) is 17.7 Å². The summed E-state index contributed by atoms with van der Waals surface area (Å²) < 4.78 is 5.73. The topological polar surface area (TPSA) is 45.0 Å². The normalized spacial score (nSPS) is 25.2. The van der Waals surface area contributed by atoms with Crippen molar-refractivity contribution in [2.45, 2.75) is 44.9 Å². The van der Waals surface area contributed by atoms with Crippen LogP contribution in [-0.4, -0.2) is 18.2 Å². The molecule has 0 aliphatic carbocycles. The molecule has 0 spiro atoms. The van der Waals surface area contributed by atoms with Gasteiger partial charge in [0, 0.05) is 5.69 Å². The second-order valence-electron chi connectivity index (χ2n) is 4.68. The van der Waals surface area contributed by atoms with Gasteiger partial charge in [0.2, 0.25) is 0 Å². The van der Waals surface area contributed by atoms with Crippen molar-refractivity contribution in [3.63, 3.8) is 0 Å². The largest absolute Gasteiger partial charge is 0.372 e. The van der Waals surface area contributed by atoms with Crippen molar-refractivity contribution < 1.29 is 4.74 Å². The predicted molar refractivity (Wildman–Crippen MR) is 67.8 cm³/mol. The molecule has 90 valence electrons. The Bertz CT molecular complexity index is 407. The molecule has 1 fully saturated rings. The molecule has 3 unspecified atom stereocenters. The summed E-state index contributed by atoms with van der Waals surface area (Å²) in [6.45, 7) is 4.10. The molecular weight excluding hydrogens is 212 g/mol. The maximum atomic E-state index is 9.20. The van der Waals surface area contributed by atoms with Crippen LogP contribution in [0, 0.1) is 18.3 Å². The number of nitrogens with one attached hydrogen (secondary N) is 1. The van der Waals surface area contributed by atoms with E-state index in [0.29, 0.717) is 0 Å². The van der Waals surface area contributed by atoms with Crippen molar-refractivity contribution in [1.82, 2.24) is 0 Å². The summed E-state index contributed by atoms with van der Waals surface area (Å²) >= 11 is 0. The average molecular weight is 230 g/mol. The minimum Gasteiger partial charge on any atom is -0.372 e. The zero-order valence-electron chi connectivity index (χ0n) is 10.3. The molecule has 1 aromatic carbocycles. The summed E-state index contributed by atoms with van der Waals surface area (Å²) in [6.07, 6.45) is 2.28. The molecule has 3 heteroatoms. The highest BCUT2D eigenvalue weighted by atomic mass is 16.5. The molecule has 17 heavy (non-hydrogen) atoms. The summed E-state index contributed by atoms with van der Waals surface area (Å²) in [5, 5.41) is 12.4. The van der Waals surface area contributed by atoms with E-state index in [0.717, 1.165) is 18.5 Å². The van der Waals surface area contributed by atoms with Crippen LogP contribution >= 0.6 is 0 Å². The highest BCUT2D eigenvalue weighted by Gasteiger charge is 2.29. The summed E-state index contributed by atoms with van der Waals surface area (Å²) in [7, 11) is 0. The summed E-state index contributed by atoms with van der Waals surface area (Å²) in [5.74, 6) is 0. The van der Waals surface area contributed by atoms with E-state index < -0.39 is 0 Å². The molecule has 1 N–H and O–H groups in total. The van der Waals surface area contributed by atoms with Gasteiger partial charge in [0.25, 0.3) is 0 Å².